The molecule has 0 radical (unpaired) electrons. The number of methoxy groups -OCH3 is 1. The molecule has 1 N–H and O–H groups in total. The van der Waals surface area contributed by atoms with Crippen molar-refractivity contribution in [1.29, 1.82) is 0 Å². The van der Waals surface area contributed by atoms with Crippen LogP contribution in [0, 0.1) is 22.5 Å². The largest absolute Gasteiger partial charge is 0.481 e. The molecule has 46 heavy (non-hydrogen) atoms. The number of halogens is 8. The van der Waals surface area contributed by atoms with Gasteiger partial charge in [0, 0.05) is 31.2 Å². The van der Waals surface area contributed by atoms with Gasteiger partial charge >= 0.3 is 18.3 Å². The third-order valence-electron chi connectivity index (χ3n) is 10.3. The number of carbonyl (C=O) groups excluding carboxylic acids is 1. The van der Waals surface area contributed by atoms with Crippen LogP contribution in [0.25, 0.3) is 0 Å². The summed E-state index contributed by atoms with van der Waals surface area (Å²) < 4.78 is 143. The van der Waals surface area contributed by atoms with Crippen LogP contribution in [0.1, 0.15) is 56.1 Å². The third-order valence-corrected chi connectivity index (χ3v) is 12.8. The zero-order chi connectivity index (χ0) is 34.1. The van der Waals surface area contributed by atoms with E-state index in [0.29, 0.717) is 6.07 Å². The van der Waals surface area contributed by atoms with Crippen LogP contribution >= 0.6 is 0 Å². The second-order valence-electron chi connectivity index (χ2n) is 12.4. The summed E-state index contributed by atoms with van der Waals surface area (Å²) in [5.41, 5.74) is -9.47. The zero-order valence-electron chi connectivity index (χ0n) is 24.3. The van der Waals surface area contributed by atoms with Gasteiger partial charge in [-0.15, -0.1) is 0 Å². The number of hydrogen-bond acceptors (Lipinski definition) is 5. The molecule has 2 aromatic carbocycles. The lowest BCUT2D eigenvalue weighted by Crippen LogP contribution is -2.56. The lowest BCUT2D eigenvalue weighted by atomic mass is 9.53. The Kier molecular flexibility index (Phi) is 8.07. The van der Waals surface area contributed by atoms with Crippen molar-refractivity contribution in [1.82, 2.24) is 4.90 Å². The van der Waals surface area contributed by atoms with Gasteiger partial charge in [0.1, 0.15) is 16.4 Å². The number of rotatable bonds is 7. The fourth-order valence-electron chi connectivity index (χ4n) is 7.46. The summed E-state index contributed by atoms with van der Waals surface area (Å²) in [5.74, 6) is -4.27. The van der Waals surface area contributed by atoms with Crippen LogP contribution in [0.3, 0.4) is 0 Å². The summed E-state index contributed by atoms with van der Waals surface area (Å²) in [4.78, 5) is 26.6. The first-order valence-corrected chi connectivity index (χ1v) is 15.7. The number of sulfone groups is 1. The van der Waals surface area contributed by atoms with Gasteiger partial charge in [-0.2, -0.15) is 26.3 Å². The number of likely N-dealkylation sites (tertiary alicyclic amines) is 1. The topological polar surface area (TPSA) is 101 Å². The van der Waals surface area contributed by atoms with Crippen molar-refractivity contribution >= 4 is 21.7 Å². The maximum absolute atomic E-state index is 15.6. The predicted octanol–water partition coefficient (Wildman–Crippen LogP) is 6.26. The van der Waals surface area contributed by atoms with Crippen LogP contribution in [0.4, 0.5) is 35.1 Å². The molecule has 0 spiro atoms. The Balaban J connectivity index is 1.60. The Morgan fingerprint density at radius 2 is 1.35 bits per heavy atom. The van der Waals surface area contributed by atoms with Crippen molar-refractivity contribution < 1.29 is 63.0 Å². The van der Waals surface area contributed by atoms with Crippen LogP contribution in [0.2, 0.25) is 0 Å². The van der Waals surface area contributed by atoms with E-state index in [1.807, 2.05) is 0 Å². The lowest BCUT2D eigenvalue weighted by molar-refractivity contribution is -0.384. The molecule has 2 aromatic rings. The summed E-state index contributed by atoms with van der Waals surface area (Å²) >= 11 is 0. The fraction of sp³-hybridized carbons (Fsp3) is 0.533. The molecular weight excluding hydrogens is 654 g/mol. The molecular formula is C30H29F8NO6S. The minimum Gasteiger partial charge on any atom is -0.481 e. The molecule has 0 aromatic heterocycles. The van der Waals surface area contributed by atoms with Crippen LogP contribution in [0.15, 0.2) is 47.4 Å². The average Bonchev–Trinajstić information content (AvgIpc) is 3.45. The van der Waals surface area contributed by atoms with E-state index >= 15 is 4.39 Å². The van der Waals surface area contributed by atoms with Crippen LogP contribution < -0.4 is 0 Å². The van der Waals surface area contributed by atoms with E-state index in [-0.39, 0.29) is 64.3 Å². The highest BCUT2D eigenvalue weighted by Gasteiger charge is 2.74. The maximum Gasteiger partial charge on any atom is 0.430 e. The first-order chi connectivity index (χ1) is 21.2. The molecule has 1 amide bonds. The number of ether oxygens (including phenoxy) is 1. The van der Waals surface area contributed by atoms with E-state index in [1.54, 1.807) is 0 Å². The first kappa shape index (κ1) is 34.1. The van der Waals surface area contributed by atoms with Crippen molar-refractivity contribution in [3.8, 4) is 0 Å². The van der Waals surface area contributed by atoms with Crippen molar-refractivity contribution in [3.63, 3.8) is 0 Å². The number of nitrogens with zero attached hydrogens (tertiary/aromatic N) is 1. The van der Waals surface area contributed by atoms with E-state index in [9.17, 15) is 53.8 Å². The molecule has 4 aliphatic rings. The number of amides is 1. The molecule has 1 unspecified atom stereocenters. The van der Waals surface area contributed by atoms with E-state index in [2.05, 4.69) is 4.74 Å². The molecule has 1 atom stereocenters. The van der Waals surface area contributed by atoms with Gasteiger partial charge in [-0.3, -0.25) is 9.59 Å². The van der Waals surface area contributed by atoms with Gasteiger partial charge in [-0.05, 0) is 80.8 Å². The quantitative estimate of drug-likeness (QED) is 0.273. The Bertz CT molecular complexity index is 1620. The summed E-state index contributed by atoms with van der Waals surface area (Å²) in [5, 5.41) is 9.71. The molecule has 252 valence electrons. The minimum atomic E-state index is -6.17. The summed E-state index contributed by atoms with van der Waals surface area (Å²) in [7, 11) is -4.60. The fourth-order valence-corrected chi connectivity index (χ4v) is 9.53. The predicted molar refractivity (Wildman–Crippen MR) is 144 cm³/mol. The number of aliphatic carboxylic acids is 1. The second-order valence-corrected chi connectivity index (χ2v) is 14.6. The summed E-state index contributed by atoms with van der Waals surface area (Å²) in [6.07, 6.45) is -11.4. The third kappa shape index (κ3) is 4.80. The second kappa shape index (κ2) is 10.9. The van der Waals surface area contributed by atoms with Crippen molar-refractivity contribution in [2.45, 2.75) is 72.5 Å². The standard InChI is InChI=1S/C30H29F8NO6S/c1-45-28(29(33,34)35,30(36,37)38)21-7-2-18(16-22(21)32)27(46(43,44)20-5-3-19(31)4-6-20)14-15-39(17-27)23(40)25-8-11-26(12-9-25,13-10-25)24(41)42/h2-7,16H,8-15,17H2,1H3,(H,41,42). The number of hydrogen-bond donors (Lipinski definition) is 1. The van der Waals surface area contributed by atoms with Gasteiger partial charge in [-0.1, -0.05) is 12.1 Å². The number of carboxylic acid groups (broad SMARTS) is 1. The minimum absolute atomic E-state index is 0.117. The van der Waals surface area contributed by atoms with E-state index in [1.165, 1.54) is 4.90 Å². The number of fused-ring (bicyclic) bond motifs is 3. The Morgan fingerprint density at radius 3 is 1.80 bits per heavy atom. The molecule has 1 saturated heterocycles. The molecule has 2 bridgehead atoms. The van der Waals surface area contributed by atoms with Crippen LogP contribution in [0.5, 0.6) is 0 Å². The Hall–Kier alpha value is -3.27. The highest BCUT2D eigenvalue weighted by Crippen LogP contribution is 2.59. The smallest absolute Gasteiger partial charge is 0.430 e. The lowest BCUT2D eigenvalue weighted by Gasteiger charge is -2.51. The molecule has 1 aliphatic heterocycles. The van der Waals surface area contributed by atoms with Gasteiger partial charge in [0.05, 0.1) is 10.3 Å². The van der Waals surface area contributed by atoms with E-state index in [4.69, 9.17) is 0 Å². The van der Waals surface area contributed by atoms with Crippen LogP contribution in [-0.4, -0.2) is 62.9 Å². The number of alkyl halides is 6. The molecule has 3 aliphatic carbocycles. The first-order valence-electron chi connectivity index (χ1n) is 14.2. The maximum atomic E-state index is 15.6. The van der Waals surface area contributed by atoms with Gasteiger partial charge in [0.2, 0.25) is 5.91 Å². The number of carbonyl (C=O) groups is 2. The van der Waals surface area contributed by atoms with Crippen molar-refractivity contribution in [2.24, 2.45) is 10.8 Å². The SMILES string of the molecule is COC(c1ccc(C2(S(=O)(=O)c3ccc(F)cc3)CCN(C(=O)C34CCC(C(=O)O)(CC3)CC4)C2)cc1F)(C(F)(F)F)C(F)(F)F. The van der Waals surface area contributed by atoms with Gasteiger partial charge in [-0.25, -0.2) is 17.2 Å². The monoisotopic (exact) mass is 683 g/mol. The van der Waals surface area contributed by atoms with Gasteiger partial charge in [0.25, 0.3) is 5.60 Å². The molecule has 6 rings (SSSR count). The number of benzene rings is 2. The summed E-state index contributed by atoms with van der Waals surface area (Å²) in [6, 6.07) is 4.58. The highest BCUT2D eigenvalue weighted by molar-refractivity contribution is 7.92. The normalized spacial score (nSPS) is 27.2. The molecule has 3 saturated carbocycles. The zero-order valence-corrected chi connectivity index (χ0v) is 25.1. The molecule has 1 heterocycles. The highest BCUT2D eigenvalue weighted by atomic mass is 32.2. The molecule has 7 nitrogen and oxygen atoms in total. The van der Waals surface area contributed by atoms with Crippen molar-refractivity contribution in [3.05, 3.63) is 65.2 Å². The van der Waals surface area contributed by atoms with E-state index in [0.717, 1.165) is 24.3 Å². The van der Waals surface area contributed by atoms with Crippen LogP contribution in [-0.2, 0) is 34.5 Å². The average molecular weight is 684 g/mol. The van der Waals surface area contributed by atoms with E-state index < -0.39 is 95.9 Å². The molecule has 16 heteroatoms. The Morgan fingerprint density at radius 1 is 0.826 bits per heavy atom. The van der Waals surface area contributed by atoms with Gasteiger partial charge in [0.15, 0.2) is 9.84 Å². The Labute approximate surface area is 258 Å². The number of carboxylic acids is 1. The molecule has 4 fully saturated rings. The summed E-state index contributed by atoms with van der Waals surface area (Å²) in [6.45, 7) is -0.855. The van der Waals surface area contributed by atoms with Crippen molar-refractivity contribution in [2.75, 3.05) is 20.2 Å². The van der Waals surface area contributed by atoms with Gasteiger partial charge < -0.3 is 14.7 Å².